The normalized spacial score (nSPS) is 19.7. The summed E-state index contributed by atoms with van der Waals surface area (Å²) in [7, 11) is 1.58. The van der Waals surface area contributed by atoms with Crippen LogP contribution in [0.25, 0.3) is 0 Å². The molecule has 3 aromatic carbocycles. The van der Waals surface area contributed by atoms with Crippen LogP contribution in [-0.4, -0.2) is 18.9 Å². The monoisotopic (exact) mass is 371 g/mol. The second kappa shape index (κ2) is 5.85. The minimum atomic E-state index is -1.36. The van der Waals surface area contributed by atoms with Crippen LogP contribution in [0, 0.1) is 0 Å². The number of rotatable bonds is 2. The van der Waals surface area contributed by atoms with Crippen molar-refractivity contribution < 1.29 is 14.3 Å². The molecule has 0 radical (unpaired) electrons. The second-order valence-corrected chi connectivity index (χ2v) is 6.72. The Hall–Kier alpha value is -3.80. The van der Waals surface area contributed by atoms with E-state index in [4.69, 9.17) is 4.74 Å². The average Bonchev–Trinajstić information content (AvgIpc) is 3.00. The quantitative estimate of drug-likeness (QED) is 0.722. The van der Waals surface area contributed by atoms with Crippen LogP contribution in [0.1, 0.15) is 15.9 Å². The summed E-state index contributed by atoms with van der Waals surface area (Å²) in [5.74, 6) is 0.130. The lowest BCUT2D eigenvalue weighted by Crippen LogP contribution is -2.61. The van der Waals surface area contributed by atoms with E-state index >= 15 is 0 Å². The van der Waals surface area contributed by atoms with Gasteiger partial charge in [-0.3, -0.25) is 14.5 Å². The molecule has 0 aliphatic carbocycles. The number of amides is 2. The van der Waals surface area contributed by atoms with Gasteiger partial charge in [0.2, 0.25) is 5.66 Å². The van der Waals surface area contributed by atoms with Gasteiger partial charge in [-0.2, -0.15) is 0 Å². The molecule has 1 atom stereocenters. The van der Waals surface area contributed by atoms with Crippen LogP contribution in [-0.2, 0) is 10.5 Å². The van der Waals surface area contributed by atoms with Gasteiger partial charge in [0.1, 0.15) is 5.75 Å². The van der Waals surface area contributed by atoms with Crippen molar-refractivity contribution in [2.75, 3.05) is 22.6 Å². The summed E-state index contributed by atoms with van der Waals surface area (Å²) in [5, 5.41) is 6.26. The molecule has 5 rings (SSSR count). The smallest absolute Gasteiger partial charge is 0.276 e. The van der Waals surface area contributed by atoms with E-state index < -0.39 is 5.66 Å². The largest absolute Gasteiger partial charge is 0.497 e. The maximum absolute atomic E-state index is 13.6. The van der Waals surface area contributed by atoms with E-state index in [0.717, 1.165) is 0 Å². The Balaban J connectivity index is 1.78. The number of fused-ring (bicyclic) bond motifs is 3. The minimum Gasteiger partial charge on any atom is -0.497 e. The highest BCUT2D eigenvalue weighted by molar-refractivity contribution is 6.21. The van der Waals surface area contributed by atoms with Crippen LogP contribution in [0.3, 0.4) is 0 Å². The first-order valence-corrected chi connectivity index (χ1v) is 8.92. The molecule has 0 saturated heterocycles. The van der Waals surface area contributed by atoms with Gasteiger partial charge in [0.25, 0.3) is 11.8 Å². The predicted molar refractivity (Wildman–Crippen MR) is 107 cm³/mol. The molecule has 0 aromatic heterocycles. The van der Waals surface area contributed by atoms with Gasteiger partial charge in [0.15, 0.2) is 0 Å². The number of methoxy groups -OCH3 is 1. The highest BCUT2D eigenvalue weighted by atomic mass is 16.5. The fraction of sp³-hybridized carbons (Fsp3) is 0.0909. The van der Waals surface area contributed by atoms with Gasteiger partial charge in [-0.1, -0.05) is 30.3 Å². The number of carbonyl (C=O) groups excluding carboxylic acids is 2. The van der Waals surface area contributed by atoms with Crippen molar-refractivity contribution in [2.24, 2.45) is 0 Å². The van der Waals surface area contributed by atoms with Gasteiger partial charge in [-0.15, -0.1) is 0 Å². The van der Waals surface area contributed by atoms with Gasteiger partial charge in [-0.05, 0) is 42.5 Å². The Bertz CT molecular complexity index is 1110. The van der Waals surface area contributed by atoms with E-state index in [1.807, 2.05) is 42.5 Å². The number of para-hydroxylation sites is 2. The van der Waals surface area contributed by atoms with Crippen molar-refractivity contribution in [3.8, 4) is 5.75 Å². The fourth-order valence-electron chi connectivity index (χ4n) is 3.93. The topological polar surface area (TPSA) is 70.7 Å². The molecular weight excluding hydrogens is 354 g/mol. The van der Waals surface area contributed by atoms with E-state index in [1.165, 1.54) is 4.90 Å². The Morgan fingerprint density at radius 3 is 2.29 bits per heavy atom. The third kappa shape index (κ3) is 2.08. The average molecular weight is 371 g/mol. The van der Waals surface area contributed by atoms with Crippen molar-refractivity contribution >= 4 is 28.9 Å². The molecule has 138 valence electrons. The summed E-state index contributed by atoms with van der Waals surface area (Å²) in [6.07, 6.45) is 0. The zero-order valence-electron chi connectivity index (χ0n) is 15.1. The molecule has 2 amide bonds. The van der Waals surface area contributed by atoms with Crippen LogP contribution >= 0.6 is 0 Å². The Morgan fingerprint density at radius 2 is 1.54 bits per heavy atom. The van der Waals surface area contributed by atoms with E-state index in [0.29, 0.717) is 33.9 Å². The van der Waals surface area contributed by atoms with Gasteiger partial charge in [-0.25, -0.2) is 0 Å². The molecule has 2 aliphatic rings. The molecule has 1 spiro atoms. The van der Waals surface area contributed by atoms with Gasteiger partial charge in [0, 0.05) is 22.6 Å². The van der Waals surface area contributed by atoms with Crippen LogP contribution < -0.4 is 20.3 Å². The summed E-state index contributed by atoms with van der Waals surface area (Å²) in [4.78, 5) is 28.4. The molecule has 0 bridgehead atoms. The Morgan fingerprint density at radius 1 is 0.857 bits per heavy atom. The molecule has 2 N–H and O–H groups in total. The molecule has 6 nitrogen and oxygen atoms in total. The van der Waals surface area contributed by atoms with Crippen molar-refractivity contribution in [3.63, 3.8) is 0 Å². The van der Waals surface area contributed by atoms with Gasteiger partial charge >= 0.3 is 0 Å². The van der Waals surface area contributed by atoms with Crippen LogP contribution in [0.5, 0.6) is 5.75 Å². The first-order chi connectivity index (χ1) is 13.6. The predicted octanol–water partition coefficient (Wildman–Crippen LogP) is 3.57. The summed E-state index contributed by atoms with van der Waals surface area (Å²) in [6.45, 7) is 0. The summed E-state index contributed by atoms with van der Waals surface area (Å²) in [6, 6.07) is 21.7. The van der Waals surface area contributed by atoms with Crippen LogP contribution in [0.2, 0.25) is 0 Å². The number of hydrogen-bond acceptors (Lipinski definition) is 4. The van der Waals surface area contributed by atoms with Crippen LogP contribution in [0.4, 0.5) is 17.1 Å². The van der Waals surface area contributed by atoms with Crippen molar-refractivity contribution in [3.05, 3.63) is 83.9 Å². The minimum absolute atomic E-state index is 0.244. The SMILES string of the molecule is COc1ccc(N2C(=O)c3ccccc3NC23C(=O)Nc2ccccc23)cc1. The number of benzene rings is 3. The lowest BCUT2D eigenvalue weighted by atomic mass is 9.92. The van der Waals surface area contributed by atoms with Gasteiger partial charge < -0.3 is 15.4 Å². The van der Waals surface area contributed by atoms with Crippen molar-refractivity contribution in [1.29, 1.82) is 0 Å². The lowest BCUT2D eigenvalue weighted by Gasteiger charge is -2.44. The number of anilines is 3. The highest BCUT2D eigenvalue weighted by Gasteiger charge is 2.56. The van der Waals surface area contributed by atoms with Gasteiger partial charge in [0.05, 0.1) is 12.7 Å². The lowest BCUT2D eigenvalue weighted by molar-refractivity contribution is -0.119. The van der Waals surface area contributed by atoms with E-state index in [-0.39, 0.29) is 11.8 Å². The number of hydrogen-bond donors (Lipinski definition) is 2. The standard InChI is InChI=1S/C22H17N3O3/c1-28-15-12-10-14(11-13-15)25-20(26)16-6-2-4-8-18(16)24-22(25)17-7-3-5-9-19(17)23-21(22)27/h2-13,24H,1H3,(H,23,27). The molecule has 1 unspecified atom stereocenters. The number of ether oxygens (including phenoxy) is 1. The number of nitrogens with zero attached hydrogens (tertiary/aromatic N) is 1. The zero-order valence-corrected chi connectivity index (χ0v) is 15.1. The first kappa shape index (κ1) is 16.4. The molecule has 0 fully saturated rings. The molecule has 2 aliphatic heterocycles. The summed E-state index contributed by atoms with van der Waals surface area (Å²) in [5.41, 5.74) is 1.77. The van der Waals surface area contributed by atoms with E-state index in [9.17, 15) is 9.59 Å². The third-order valence-corrected chi connectivity index (χ3v) is 5.24. The summed E-state index contributed by atoms with van der Waals surface area (Å²) < 4.78 is 5.24. The van der Waals surface area contributed by atoms with Crippen LogP contribution in [0.15, 0.2) is 72.8 Å². The fourth-order valence-corrected chi connectivity index (χ4v) is 3.93. The second-order valence-electron chi connectivity index (χ2n) is 6.72. The third-order valence-electron chi connectivity index (χ3n) is 5.24. The number of nitrogens with one attached hydrogen (secondary N) is 2. The highest BCUT2D eigenvalue weighted by Crippen LogP contribution is 2.47. The first-order valence-electron chi connectivity index (χ1n) is 8.92. The maximum Gasteiger partial charge on any atom is 0.276 e. The molecule has 28 heavy (non-hydrogen) atoms. The van der Waals surface area contributed by atoms with Crippen molar-refractivity contribution in [1.82, 2.24) is 0 Å². The number of carbonyl (C=O) groups is 2. The Kier molecular flexibility index (Phi) is 3.42. The van der Waals surface area contributed by atoms with Crippen molar-refractivity contribution in [2.45, 2.75) is 5.66 Å². The van der Waals surface area contributed by atoms with E-state index in [1.54, 1.807) is 37.4 Å². The molecular formula is C22H17N3O3. The molecule has 3 aromatic rings. The molecule has 2 heterocycles. The Labute approximate surface area is 161 Å². The molecule has 6 heteroatoms. The zero-order chi connectivity index (χ0) is 19.3. The molecule has 0 saturated carbocycles. The summed E-state index contributed by atoms with van der Waals surface area (Å²) >= 11 is 0. The maximum atomic E-state index is 13.6. The van der Waals surface area contributed by atoms with E-state index in [2.05, 4.69) is 10.6 Å².